The van der Waals surface area contributed by atoms with E-state index >= 15 is 0 Å². The molecule has 0 fully saturated rings. The van der Waals surface area contributed by atoms with Gasteiger partial charge in [-0.15, -0.1) is 0 Å². The van der Waals surface area contributed by atoms with Crippen molar-refractivity contribution < 1.29 is 29.3 Å². The summed E-state index contributed by atoms with van der Waals surface area (Å²) in [4.78, 5) is 21.9. The van der Waals surface area contributed by atoms with Crippen molar-refractivity contribution in [1.82, 2.24) is 5.32 Å². The molecule has 1 heterocycles. The summed E-state index contributed by atoms with van der Waals surface area (Å²) >= 11 is 0. The van der Waals surface area contributed by atoms with E-state index in [2.05, 4.69) is 10.6 Å². The molecule has 0 saturated heterocycles. The summed E-state index contributed by atoms with van der Waals surface area (Å²) in [5.74, 6) is -0.160. The number of carboxylic acid groups (broad SMARTS) is 1. The van der Waals surface area contributed by atoms with Crippen LogP contribution in [0, 0.1) is 0 Å². The van der Waals surface area contributed by atoms with Crippen LogP contribution in [0.15, 0.2) is 18.2 Å². The van der Waals surface area contributed by atoms with Crippen LogP contribution in [-0.2, 0) is 4.79 Å². The highest BCUT2D eigenvalue weighted by molar-refractivity contribution is 5.89. The van der Waals surface area contributed by atoms with Gasteiger partial charge < -0.3 is 30.3 Å². The normalized spacial score (nSPS) is 13.7. The molecule has 0 aromatic heterocycles. The van der Waals surface area contributed by atoms with E-state index in [1.807, 2.05) is 0 Å². The molecule has 1 aliphatic rings. The second kappa shape index (κ2) is 6.11. The van der Waals surface area contributed by atoms with E-state index in [0.29, 0.717) is 17.2 Å². The number of aliphatic hydroxyl groups excluding tert-OH is 1. The Morgan fingerprint density at radius 1 is 1.30 bits per heavy atom. The number of hydrogen-bond acceptors (Lipinski definition) is 5. The Kier molecular flexibility index (Phi) is 4.26. The number of anilines is 1. The molecule has 0 bridgehead atoms. The molecule has 1 aromatic rings. The molecule has 108 valence electrons. The Balaban J connectivity index is 1.78. The minimum absolute atomic E-state index is 0.0455. The van der Waals surface area contributed by atoms with Crippen LogP contribution in [0.5, 0.6) is 11.5 Å². The van der Waals surface area contributed by atoms with Gasteiger partial charge in [-0.1, -0.05) is 0 Å². The second-order valence-electron chi connectivity index (χ2n) is 4.09. The molecular weight excluding hydrogens is 268 g/mol. The van der Waals surface area contributed by atoms with E-state index in [4.69, 9.17) is 19.7 Å². The zero-order valence-corrected chi connectivity index (χ0v) is 10.5. The summed E-state index contributed by atoms with van der Waals surface area (Å²) in [5.41, 5.74) is 0.519. The summed E-state index contributed by atoms with van der Waals surface area (Å²) in [5, 5.41) is 22.5. The number of fused-ring (bicyclic) bond motifs is 1. The number of rotatable bonds is 5. The number of carbonyl (C=O) groups is 2. The molecule has 8 heteroatoms. The first-order valence-electron chi connectivity index (χ1n) is 5.91. The fourth-order valence-corrected chi connectivity index (χ4v) is 1.60. The van der Waals surface area contributed by atoms with Crippen LogP contribution in [0.4, 0.5) is 10.5 Å². The number of amides is 2. The number of ether oxygens (including phenoxy) is 2. The van der Waals surface area contributed by atoms with Gasteiger partial charge in [0.05, 0.1) is 0 Å². The third-order valence-electron chi connectivity index (χ3n) is 2.62. The Hall–Kier alpha value is -2.48. The third-order valence-corrected chi connectivity index (χ3v) is 2.62. The van der Waals surface area contributed by atoms with Crippen LogP contribution in [0.25, 0.3) is 0 Å². The number of hydrogen-bond donors (Lipinski definition) is 4. The monoisotopic (exact) mass is 282 g/mol. The Bertz CT molecular complexity index is 519. The first kappa shape index (κ1) is 13.9. The van der Waals surface area contributed by atoms with Gasteiger partial charge in [-0.05, 0) is 12.1 Å². The predicted octanol–water partition coefficient (Wildman–Crippen LogP) is 0.372. The zero-order chi connectivity index (χ0) is 14.5. The fraction of sp³-hybridized carbons (Fsp3) is 0.333. The molecule has 8 nitrogen and oxygen atoms in total. The zero-order valence-electron chi connectivity index (χ0n) is 10.5. The van der Waals surface area contributed by atoms with Gasteiger partial charge in [0.15, 0.2) is 17.6 Å². The maximum Gasteiger partial charge on any atom is 0.332 e. The largest absolute Gasteiger partial charge is 0.479 e. The van der Waals surface area contributed by atoms with Crippen molar-refractivity contribution >= 4 is 17.7 Å². The average Bonchev–Trinajstić information content (AvgIpc) is 2.85. The quantitative estimate of drug-likeness (QED) is 0.620. The molecule has 0 radical (unpaired) electrons. The lowest BCUT2D eigenvalue weighted by Crippen LogP contribution is -2.33. The van der Waals surface area contributed by atoms with Gasteiger partial charge in [-0.2, -0.15) is 0 Å². The molecular formula is C12H14N2O6. The molecule has 2 rings (SSSR count). The van der Waals surface area contributed by atoms with Gasteiger partial charge in [0.25, 0.3) is 0 Å². The summed E-state index contributed by atoms with van der Waals surface area (Å²) < 4.78 is 10.3. The highest BCUT2D eigenvalue weighted by Crippen LogP contribution is 2.34. The topological polar surface area (TPSA) is 117 Å². The van der Waals surface area contributed by atoms with Crippen molar-refractivity contribution in [3.8, 4) is 11.5 Å². The Morgan fingerprint density at radius 3 is 2.80 bits per heavy atom. The minimum Gasteiger partial charge on any atom is -0.479 e. The molecule has 0 unspecified atom stereocenters. The lowest BCUT2D eigenvalue weighted by molar-refractivity contribution is -0.146. The van der Waals surface area contributed by atoms with Crippen LogP contribution >= 0.6 is 0 Å². The van der Waals surface area contributed by atoms with Crippen LogP contribution < -0.4 is 20.1 Å². The molecule has 1 aliphatic heterocycles. The van der Waals surface area contributed by atoms with E-state index < -0.39 is 18.1 Å². The molecule has 0 saturated carbocycles. The molecule has 4 N–H and O–H groups in total. The van der Waals surface area contributed by atoms with E-state index in [1.165, 1.54) is 0 Å². The first-order valence-corrected chi connectivity index (χ1v) is 5.91. The van der Waals surface area contributed by atoms with Gasteiger partial charge in [0.1, 0.15) is 0 Å². The van der Waals surface area contributed by atoms with Crippen molar-refractivity contribution in [3.63, 3.8) is 0 Å². The summed E-state index contributed by atoms with van der Waals surface area (Å²) in [7, 11) is 0. The van der Waals surface area contributed by atoms with Gasteiger partial charge in [0, 0.05) is 24.7 Å². The van der Waals surface area contributed by atoms with Crippen molar-refractivity contribution in [3.05, 3.63) is 18.2 Å². The molecule has 1 atom stereocenters. The standard InChI is InChI=1S/C12H14N2O6/c15-8(11(16)17)3-4-13-12(18)14-7-1-2-9-10(5-7)20-6-19-9/h1-2,5,8,15H,3-4,6H2,(H,16,17)(H2,13,14,18)/t8-/m0/s1. The highest BCUT2D eigenvalue weighted by Gasteiger charge is 2.15. The number of aliphatic hydroxyl groups is 1. The van der Waals surface area contributed by atoms with Gasteiger partial charge >= 0.3 is 12.0 Å². The number of urea groups is 1. The molecule has 2 amide bonds. The SMILES string of the molecule is O=C(NCC[C@H](O)C(=O)O)Nc1ccc2c(c1)OCO2. The smallest absolute Gasteiger partial charge is 0.332 e. The van der Waals surface area contributed by atoms with Crippen LogP contribution in [0.2, 0.25) is 0 Å². The number of nitrogens with one attached hydrogen (secondary N) is 2. The number of carbonyl (C=O) groups excluding carboxylic acids is 1. The van der Waals surface area contributed by atoms with Crippen LogP contribution in [-0.4, -0.2) is 41.7 Å². The van der Waals surface area contributed by atoms with Crippen molar-refractivity contribution in [2.24, 2.45) is 0 Å². The number of carboxylic acids is 1. The number of aliphatic carboxylic acids is 1. The van der Waals surface area contributed by atoms with Crippen molar-refractivity contribution in [2.45, 2.75) is 12.5 Å². The Morgan fingerprint density at radius 2 is 2.05 bits per heavy atom. The first-order chi connectivity index (χ1) is 9.56. The van der Waals surface area contributed by atoms with Crippen molar-refractivity contribution in [2.75, 3.05) is 18.7 Å². The van der Waals surface area contributed by atoms with E-state index in [9.17, 15) is 9.59 Å². The number of benzene rings is 1. The summed E-state index contributed by atoms with van der Waals surface area (Å²) in [6.07, 6.45) is -1.55. The maximum absolute atomic E-state index is 11.5. The minimum atomic E-state index is -1.49. The lowest BCUT2D eigenvalue weighted by atomic mass is 10.2. The average molecular weight is 282 g/mol. The molecule has 20 heavy (non-hydrogen) atoms. The van der Waals surface area contributed by atoms with Crippen molar-refractivity contribution in [1.29, 1.82) is 0 Å². The van der Waals surface area contributed by atoms with E-state index in [1.54, 1.807) is 18.2 Å². The Labute approximate surface area is 114 Å². The van der Waals surface area contributed by atoms with Crippen LogP contribution in [0.1, 0.15) is 6.42 Å². The highest BCUT2D eigenvalue weighted by atomic mass is 16.7. The van der Waals surface area contributed by atoms with Gasteiger partial charge in [-0.25, -0.2) is 9.59 Å². The van der Waals surface area contributed by atoms with Gasteiger partial charge in [0.2, 0.25) is 6.79 Å². The van der Waals surface area contributed by atoms with E-state index in [-0.39, 0.29) is 19.8 Å². The van der Waals surface area contributed by atoms with Crippen LogP contribution in [0.3, 0.4) is 0 Å². The second-order valence-corrected chi connectivity index (χ2v) is 4.09. The molecule has 0 spiro atoms. The fourth-order valence-electron chi connectivity index (χ4n) is 1.60. The predicted molar refractivity (Wildman–Crippen MR) is 67.8 cm³/mol. The molecule has 1 aromatic carbocycles. The summed E-state index contributed by atoms with van der Waals surface area (Å²) in [6, 6.07) is 4.45. The van der Waals surface area contributed by atoms with Gasteiger partial charge in [-0.3, -0.25) is 0 Å². The van der Waals surface area contributed by atoms with E-state index in [0.717, 1.165) is 0 Å². The lowest BCUT2D eigenvalue weighted by Gasteiger charge is -2.09. The molecule has 0 aliphatic carbocycles. The summed E-state index contributed by atoms with van der Waals surface area (Å²) in [6.45, 7) is 0.196. The third kappa shape index (κ3) is 3.51. The maximum atomic E-state index is 11.5.